The average Bonchev–Trinajstić information content (AvgIpc) is 1.88. The van der Waals surface area contributed by atoms with E-state index in [2.05, 4.69) is 27.9 Å². The maximum absolute atomic E-state index is 5.74. The standard InChI is InChI=1S/C7H7ClIN.ClH/c1-10-7-3-2-5(8)4-6(7)9;/h2-4,10H,1H3;1H. The Labute approximate surface area is 91.1 Å². The van der Waals surface area contributed by atoms with Gasteiger partial charge >= 0.3 is 0 Å². The molecule has 4 heteroatoms. The van der Waals surface area contributed by atoms with E-state index in [0.29, 0.717) is 0 Å². The molecular weight excluding hydrogens is 296 g/mol. The highest BCUT2D eigenvalue weighted by Gasteiger charge is 1.95. The molecule has 0 saturated heterocycles. The minimum Gasteiger partial charge on any atom is -0.387 e. The van der Waals surface area contributed by atoms with Gasteiger partial charge in [-0.25, -0.2) is 0 Å². The monoisotopic (exact) mass is 303 g/mol. The second-order valence-electron chi connectivity index (χ2n) is 1.87. The van der Waals surface area contributed by atoms with Gasteiger partial charge in [0.1, 0.15) is 0 Å². The molecule has 0 aliphatic rings. The van der Waals surface area contributed by atoms with Crippen molar-refractivity contribution in [3.8, 4) is 0 Å². The summed E-state index contributed by atoms with van der Waals surface area (Å²) in [5.41, 5.74) is 1.12. The van der Waals surface area contributed by atoms with Crippen LogP contribution in [0.5, 0.6) is 0 Å². The molecule has 0 bridgehead atoms. The molecule has 0 aliphatic heterocycles. The third kappa shape index (κ3) is 3.05. The molecule has 62 valence electrons. The highest BCUT2D eigenvalue weighted by Crippen LogP contribution is 2.21. The van der Waals surface area contributed by atoms with Gasteiger partial charge in [0.2, 0.25) is 0 Å². The Morgan fingerprint density at radius 1 is 1.45 bits per heavy atom. The Hall–Kier alpha value is 0.330. The van der Waals surface area contributed by atoms with Gasteiger partial charge in [-0.2, -0.15) is 0 Å². The SMILES string of the molecule is CNc1ccc(Cl)cc1I.Cl. The molecular formula is C7H8Cl2IN. The summed E-state index contributed by atoms with van der Waals surface area (Å²) < 4.78 is 1.15. The lowest BCUT2D eigenvalue weighted by Gasteiger charge is -2.01. The van der Waals surface area contributed by atoms with Crippen LogP contribution in [0.15, 0.2) is 18.2 Å². The smallest absolute Gasteiger partial charge is 0.0474 e. The molecule has 0 radical (unpaired) electrons. The van der Waals surface area contributed by atoms with Crippen molar-refractivity contribution in [1.82, 2.24) is 0 Å². The van der Waals surface area contributed by atoms with Crippen molar-refractivity contribution < 1.29 is 0 Å². The highest BCUT2D eigenvalue weighted by molar-refractivity contribution is 14.1. The molecule has 0 unspecified atom stereocenters. The molecule has 1 aromatic carbocycles. The fraction of sp³-hybridized carbons (Fsp3) is 0.143. The number of benzene rings is 1. The molecule has 1 rings (SSSR count). The first-order chi connectivity index (χ1) is 4.74. The molecule has 0 saturated carbocycles. The summed E-state index contributed by atoms with van der Waals surface area (Å²) >= 11 is 7.98. The number of halogens is 3. The van der Waals surface area contributed by atoms with Crippen LogP contribution in [-0.4, -0.2) is 7.05 Å². The van der Waals surface area contributed by atoms with Crippen molar-refractivity contribution in [2.45, 2.75) is 0 Å². The Bertz CT molecular complexity index is 240. The topological polar surface area (TPSA) is 12.0 Å². The van der Waals surface area contributed by atoms with Crippen LogP contribution in [0.1, 0.15) is 0 Å². The molecule has 1 aromatic rings. The molecule has 0 aromatic heterocycles. The van der Waals surface area contributed by atoms with Crippen molar-refractivity contribution in [3.05, 3.63) is 26.8 Å². The Morgan fingerprint density at radius 3 is 2.55 bits per heavy atom. The first-order valence-electron chi connectivity index (χ1n) is 2.87. The number of anilines is 1. The van der Waals surface area contributed by atoms with E-state index in [9.17, 15) is 0 Å². The number of nitrogens with one attached hydrogen (secondary N) is 1. The van der Waals surface area contributed by atoms with Gasteiger partial charge in [0.15, 0.2) is 0 Å². The van der Waals surface area contributed by atoms with Gasteiger partial charge in [-0.3, -0.25) is 0 Å². The van der Waals surface area contributed by atoms with Crippen LogP contribution in [0, 0.1) is 3.57 Å². The zero-order valence-corrected chi connectivity index (χ0v) is 9.63. The van der Waals surface area contributed by atoms with Gasteiger partial charge < -0.3 is 5.32 Å². The van der Waals surface area contributed by atoms with Gasteiger partial charge in [-0.15, -0.1) is 12.4 Å². The van der Waals surface area contributed by atoms with E-state index in [1.54, 1.807) is 0 Å². The van der Waals surface area contributed by atoms with E-state index < -0.39 is 0 Å². The number of rotatable bonds is 1. The van der Waals surface area contributed by atoms with Crippen LogP contribution in [0.2, 0.25) is 5.02 Å². The van der Waals surface area contributed by atoms with Gasteiger partial charge in [0, 0.05) is 21.3 Å². The summed E-state index contributed by atoms with van der Waals surface area (Å²) in [5, 5.41) is 3.84. The van der Waals surface area contributed by atoms with E-state index in [0.717, 1.165) is 14.3 Å². The predicted octanol–water partition coefficient (Wildman–Crippen LogP) is 3.41. The third-order valence-corrected chi connectivity index (χ3v) is 2.33. The summed E-state index contributed by atoms with van der Waals surface area (Å²) in [4.78, 5) is 0. The highest BCUT2D eigenvalue weighted by atomic mass is 127. The molecule has 11 heavy (non-hydrogen) atoms. The second-order valence-corrected chi connectivity index (χ2v) is 3.47. The maximum Gasteiger partial charge on any atom is 0.0474 e. The Kier molecular flexibility index (Phi) is 5.21. The summed E-state index contributed by atoms with van der Waals surface area (Å²) in [7, 11) is 1.89. The molecule has 0 heterocycles. The van der Waals surface area contributed by atoms with Crippen molar-refractivity contribution >= 4 is 52.3 Å². The zero-order chi connectivity index (χ0) is 7.56. The number of hydrogen-bond acceptors (Lipinski definition) is 1. The van der Waals surface area contributed by atoms with Crippen molar-refractivity contribution in [3.63, 3.8) is 0 Å². The molecule has 0 fully saturated rings. The van der Waals surface area contributed by atoms with E-state index in [1.807, 2.05) is 25.2 Å². The van der Waals surface area contributed by atoms with Crippen LogP contribution < -0.4 is 5.32 Å². The average molecular weight is 304 g/mol. The van der Waals surface area contributed by atoms with E-state index in [1.165, 1.54) is 0 Å². The fourth-order valence-electron chi connectivity index (χ4n) is 0.692. The fourth-order valence-corrected chi connectivity index (χ4v) is 1.83. The molecule has 0 aliphatic carbocycles. The van der Waals surface area contributed by atoms with Gasteiger partial charge in [0.25, 0.3) is 0 Å². The van der Waals surface area contributed by atoms with E-state index >= 15 is 0 Å². The first kappa shape index (κ1) is 11.3. The molecule has 0 atom stereocenters. The lowest BCUT2D eigenvalue weighted by atomic mass is 10.3. The van der Waals surface area contributed by atoms with Crippen molar-refractivity contribution in [1.29, 1.82) is 0 Å². The van der Waals surface area contributed by atoms with E-state index in [4.69, 9.17) is 11.6 Å². The predicted molar refractivity (Wildman–Crippen MR) is 61.0 cm³/mol. The summed E-state index contributed by atoms with van der Waals surface area (Å²) in [6, 6.07) is 5.76. The quantitative estimate of drug-likeness (QED) is 0.784. The third-order valence-electron chi connectivity index (χ3n) is 1.20. The lowest BCUT2D eigenvalue weighted by Crippen LogP contribution is -1.89. The van der Waals surface area contributed by atoms with Crippen LogP contribution in [-0.2, 0) is 0 Å². The van der Waals surface area contributed by atoms with Crippen LogP contribution in [0.25, 0.3) is 0 Å². The summed E-state index contributed by atoms with van der Waals surface area (Å²) in [6.07, 6.45) is 0. The van der Waals surface area contributed by atoms with Crippen LogP contribution >= 0.6 is 46.6 Å². The van der Waals surface area contributed by atoms with Gasteiger partial charge in [-0.1, -0.05) is 11.6 Å². The van der Waals surface area contributed by atoms with Crippen molar-refractivity contribution in [2.24, 2.45) is 0 Å². The van der Waals surface area contributed by atoms with Crippen LogP contribution in [0.4, 0.5) is 5.69 Å². The molecule has 0 spiro atoms. The largest absolute Gasteiger partial charge is 0.387 e. The molecule has 1 N–H and O–H groups in total. The van der Waals surface area contributed by atoms with E-state index in [-0.39, 0.29) is 12.4 Å². The van der Waals surface area contributed by atoms with Gasteiger partial charge in [0.05, 0.1) is 0 Å². The summed E-state index contributed by atoms with van der Waals surface area (Å²) in [6.45, 7) is 0. The Balaban J connectivity index is 0.000001000. The number of hydrogen-bond donors (Lipinski definition) is 1. The normalized spacial score (nSPS) is 8.64. The minimum atomic E-state index is 0. The second kappa shape index (κ2) is 5.06. The molecule has 1 nitrogen and oxygen atoms in total. The van der Waals surface area contributed by atoms with Gasteiger partial charge in [-0.05, 0) is 40.8 Å². The minimum absolute atomic E-state index is 0. The lowest BCUT2D eigenvalue weighted by molar-refractivity contribution is 1.48. The first-order valence-corrected chi connectivity index (χ1v) is 4.32. The summed E-state index contributed by atoms with van der Waals surface area (Å²) in [5.74, 6) is 0. The zero-order valence-electron chi connectivity index (χ0n) is 5.90. The Morgan fingerprint density at radius 2 is 2.09 bits per heavy atom. The van der Waals surface area contributed by atoms with Crippen LogP contribution in [0.3, 0.4) is 0 Å². The van der Waals surface area contributed by atoms with Crippen molar-refractivity contribution in [2.75, 3.05) is 12.4 Å². The molecule has 0 amide bonds. The maximum atomic E-state index is 5.74.